The number of ether oxygens (including phenoxy) is 1. The molecule has 39 heavy (non-hydrogen) atoms. The molecule has 0 bridgehead atoms. The van der Waals surface area contributed by atoms with E-state index in [9.17, 15) is 9.59 Å². The summed E-state index contributed by atoms with van der Waals surface area (Å²) in [5, 5.41) is 8.95. The Morgan fingerprint density at radius 2 is 1.69 bits per heavy atom. The van der Waals surface area contributed by atoms with Crippen LogP contribution in [0, 0.1) is 5.92 Å². The van der Waals surface area contributed by atoms with Crippen molar-refractivity contribution < 1.29 is 14.3 Å². The van der Waals surface area contributed by atoms with E-state index in [4.69, 9.17) is 4.74 Å². The van der Waals surface area contributed by atoms with Crippen molar-refractivity contribution >= 4 is 23.3 Å². The molecule has 0 atom stereocenters. The van der Waals surface area contributed by atoms with Gasteiger partial charge in [-0.3, -0.25) is 9.69 Å². The van der Waals surface area contributed by atoms with E-state index in [1.807, 2.05) is 39.0 Å². The maximum Gasteiger partial charge on any atom is 0.319 e. The summed E-state index contributed by atoms with van der Waals surface area (Å²) >= 11 is 0. The number of benzene rings is 2. The minimum Gasteiger partial charge on any atom is -0.379 e. The highest BCUT2D eigenvalue weighted by molar-refractivity contribution is 6.02. The lowest BCUT2D eigenvalue weighted by Crippen LogP contribution is -2.43. The molecule has 0 unspecified atom stereocenters. The quantitative estimate of drug-likeness (QED) is 0.411. The fraction of sp³-hybridized carbons (Fsp3) is 0.548. The molecule has 2 heterocycles. The maximum absolute atomic E-state index is 13.4. The van der Waals surface area contributed by atoms with Gasteiger partial charge in [0.1, 0.15) is 0 Å². The minimum absolute atomic E-state index is 0.0988. The number of carbonyl (C=O) groups excluding carboxylic acids is 2. The predicted octanol–water partition coefficient (Wildman–Crippen LogP) is 4.52. The number of urea groups is 1. The number of anilines is 2. The van der Waals surface area contributed by atoms with Crippen molar-refractivity contribution in [3.8, 4) is 0 Å². The van der Waals surface area contributed by atoms with Crippen LogP contribution in [-0.4, -0.2) is 74.9 Å². The van der Waals surface area contributed by atoms with Crippen LogP contribution in [0.1, 0.15) is 56.0 Å². The second-order valence-corrected chi connectivity index (χ2v) is 11.7. The lowest BCUT2D eigenvalue weighted by Gasteiger charge is -2.35. The first-order chi connectivity index (χ1) is 18.8. The first-order valence-corrected chi connectivity index (χ1v) is 14.4. The van der Waals surface area contributed by atoms with Crippen molar-refractivity contribution in [3.05, 3.63) is 59.7 Å². The van der Waals surface area contributed by atoms with Gasteiger partial charge in [-0.25, -0.2) is 4.79 Å². The molecule has 8 nitrogen and oxygen atoms in total. The summed E-state index contributed by atoms with van der Waals surface area (Å²) in [7, 11) is 0. The second kappa shape index (κ2) is 13.8. The maximum atomic E-state index is 13.4. The fourth-order valence-electron chi connectivity index (χ4n) is 5.32. The number of rotatable bonds is 9. The largest absolute Gasteiger partial charge is 0.379 e. The van der Waals surface area contributed by atoms with Gasteiger partial charge in [-0.05, 0) is 82.7 Å². The normalized spacial score (nSPS) is 17.1. The highest BCUT2D eigenvalue weighted by atomic mass is 16.5. The van der Waals surface area contributed by atoms with Gasteiger partial charge in [-0.1, -0.05) is 30.3 Å². The standard InChI is InChI=1S/C31H45N5O3/c1-31(2,3)34-30(38)33-26-10-11-28(36-16-12-25(13-17-36)22-24-8-5-4-6-9-24)27(23-26)29(37)32-14-7-15-35-18-20-39-21-19-35/h4-6,8-11,23,25H,7,12-22H2,1-3H3,(H,32,37)(H2,33,34,38). The Morgan fingerprint density at radius 1 is 0.974 bits per heavy atom. The molecule has 2 aliphatic rings. The van der Waals surface area contributed by atoms with E-state index < -0.39 is 0 Å². The monoisotopic (exact) mass is 535 g/mol. The SMILES string of the molecule is CC(C)(C)NC(=O)Nc1ccc(N2CCC(Cc3ccccc3)CC2)c(C(=O)NCCCN2CCOCC2)c1. The number of hydrogen-bond acceptors (Lipinski definition) is 5. The van der Waals surface area contributed by atoms with Crippen LogP contribution < -0.4 is 20.9 Å². The molecule has 0 spiro atoms. The Labute approximate surface area is 233 Å². The highest BCUT2D eigenvalue weighted by Gasteiger charge is 2.24. The third-order valence-corrected chi connectivity index (χ3v) is 7.35. The van der Waals surface area contributed by atoms with Crippen LogP contribution in [-0.2, 0) is 11.2 Å². The molecule has 2 aliphatic heterocycles. The van der Waals surface area contributed by atoms with Crippen molar-refractivity contribution in [1.82, 2.24) is 15.5 Å². The minimum atomic E-state index is -0.352. The molecule has 8 heteroatoms. The molecule has 0 aromatic heterocycles. The molecule has 2 fully saturated rings. The van der Waals surface area contributed by atoms with Gasteiger partial charge in [0.2, 0.25) is 0 Å². The van der Waals surface area contributed by atoms with Gasteiger partial charge in [0.05, 0.1) is 18.8 Å². The topological polar surface area (TPSA) is 85.9 Å². The van der Waals surface area contributed by atoms with E-state index in [1.54, 1.807) is 0 Å². The zero-order valence-electron chi connectivity index (χ0n) is 23.8. The van der Waals surface area contributed by atoms with E-state index in [-0.39, 0.29) is 17.5 Å². The van der Waals surface area contributed by atoms with Crippen molar-refractivity contribution in [2.45, 2.75) is 52.0 Å². The summed E-state index contributed by atoms with van der Waals surface area (Å²) in [6, 6.07) is 16.1. The predicted molar refractivity (Wildman–Crippen MR) is 158 cm³/mol. The number of morpholine rings is 1. The molecule has 2 aromatic carbocycles. The number of nitrogens with zero attached hydrogens (tertiary/aromatic N) is 2. The van der Waals surface area contributed by atoms with Crippen molar-refractivity contribution in [2.75, 3.05) is 62.7 Å². The smallest absolute Gasteiger partial charge is 0.319 e. The van der Waals surface area contributed by atoms with Crippen LogP contribution in [0.25, 0.3) is 0 Å². The van der Waals surface area contributed by atoms with Crippen LogP contribution in [0.3, 0.4) is 0 Å². The fourth-order valence-corrected chi connectivity index (χ4v) is 5.32. The number of nitrogens with one attached hydrogen (secondary N) is 3. The third-order valence-electron chi connectivity index (χ3n) is 7.35. The summed E-state index contributed by atoms with van der Waals surface area (Å²) in [5.74, 6) is 0.543. The Bertz CT molecular complexity index is 1070. The van der Waals surface area contributed by atoms with Crippen LogP contribution >= 0.6 is 0 Å². The number of hydrogen-bond donors (Lipinski definition) is 3. The van der Waals surface area contributed by atoms with E-state index in [2.05, 4.69) is 56.1 Å². The van der Waals surface area contributed by atoms with Crippen molar-refractivity contribution in [3.63, 3.8) is 0 Å². The summed E-state index contributed by atoms with van der Waals surface area (Å²) in [6.45, 7) is 12.6. The van der Waals surface area contributed by atoms with Gasteiger partial charge < -0.3 is 25.6 Å². The molecular weight excluding hydrogens is 490 g/mol. The molecule has 3 N–H and O–H groups in total. The Morgan fingerprint density at radius 3 is 2.38 bits per heavy atom. The third kappa shape index (κ3) is 9.25. The summed E-state index contributed by atoms with van der Waals surface area (Å²) < 4.78 is 5.42. The molecule has 0 saturated carbocycles. The molecular formula is C31H45N5O3. The second-order valence-electron chi connectivity index (χ2n) is 11.7. The molecule has 212 valence electrons. The van der Waals surface area contributed by atoms with E-state index in [1.165, 1.54) is 5.56 Å². The molecule has 2 aromatic rings. The van der Waals surface area contributed by atoms with Crippen LogP contribution in [0.2, 0.25) is 0 Å². The van der Waals surface area contributed by atoms with Crippen molar-refractivity contribution in [2.24, 2.45) is 5.92 Å². The van der Waals surface area contributed by atoms with Crippen LogP contribution in [0.4, 0.5) is 16.2 Å². The van der Waals surface area contributed by atoms with E-state index in [0.717, 1.165) is 77.3 Å². The molecule has 0 aliphatic carbocycles. The molecule has 0 radical (unpaired) electrons. The summed E-state index contributed by atoms with van der Waals surface area (Å²) in [5.41, 5.74) is 3.18. The van der Waals surface area contributed by atoms with Crippen molar-refractivity contribution in [1.29, 1.82) is 0 Å². The average Bonchev–Trinajstić information content (AvgIpc) is 2.91. The molecule has 2 saturated heterocycles. The highest BCUT2D eigenvalue weighted by Crippen LogP contribution is 2.30. The lowest BCUT2D eigenvalue weighted by molar-refractivity contribution is 0.0374. The Hall–Kier alpha value is -3.10. The van der Waals surface area contributed by atoms with Gasteiger partial charge in [-0.15, -0.1) is 0 Å². The Kier molecular flexibility index (Phi) is 10.2. The Balaban J connectivity index is 1.40. The first kappa shape index (κ1) is 28.9. The average molecular weight is 536 g/mol. The molecule has 3 amide bonds. The first-order valence-electron chi connectivity index (χ1n) is 14.4. The van der Waals surface area contributed by atoms with E-state index >= 15 is 0 Å². The van der Waals surface area contributed by atoms with Gasteiger partial charge in [0.15, 0.2) is 0 Å². The summed E-state index contributed by atoms with van der Waals surface area (Å²) in [4.78, 5) is 30.6. The van der Waals surface area contributed by atoms with Gasteiger partial charge in [0.25, 0.3) is 5.91 Å². The van der Waals surface area contributed by atoms with Gasteiger partial charge in [-0.2, -0.15) is 0 Å². The summed E-state index contributed by atoms with van der Waals surface area (Å²) in [6.07, 6.45) is 4.15. The van der Waals surface area contributed by atoms with Crippen LogP contribution in [0.15, 0.2) is 48.5 Å². The number of amides is 3. The number of carbonyl (C=O) groups is 2. The van der Waals surface area contributed by atoms with Gasteiger partial charge in [0, 0.05) is 49.6 Å². The lowest BCUT2D eigenvalue weighted by atomic mass is 9.89. The molecule has 4 rings (SSSR count). The van der Waals surface area contributed by atoms with Crippen LogP contribution in [0.5, 0.6) is 0 Å². The van der Waals surface area contributed by atoms with E-state index in [0.29, 0.717) is 23.7 Å². The zero-order valence-corrected chi connectivity index (χ0v) is 23.8. The zero-order chi connectivity index (χ0) is 27.7. The number of piperidine rings is 1. The van der Waals surface area contributed by atoms with Gasteiger partial charge >= 0.3 is 6.03 Å².